The Balaban J connectivity index is 1.59. The molecule has 2 aromatic carbocycles. The summed E-state index contributed by atoms with van der Waals surface area (Å²) in [5.41, 5.74) is 1.74. The number of aliphatic imine (C=N–C) groups is 1. The molecule has 5 N–H and O–H groups in total. The number of hydrogen-bond donors (Lipinski definition) is 5. The van der Waals surface area contributed by atoms with Gasteiger partial charge in [0.25, 0.3) is 5.91 Å². The van der Waals surface area contributed by atoms with Gasteiger partial charge in [-0.3, -0.25) is 19.4 Å². The third-order valence-corrected chi connectivity index (χ3v) is 5.78. The van der Waals surface area contributed by atoms with Gasteiger partial charge in [-0.1, -0.05) is 22.0 Å². The number of carboxylic acid groups (broad SMARTS) is 1. The minimum atomic E-state index is -1.04. The Labute approximate surface area is 213 Å². The minimum absolute atomic E-state index is 0.280. The second-order valence-electron chi connectivity index (χ2n) is 7.32. The molecule has 0 bridgehead atoms. The summed E-state index contributed by atoms with van der Waals surface area (Å²) in [6.07, 6.45) is 0.696. The molecule has 11 heteroatoms. The van der Waals surface area contributed by atoms with E-state index in [-0.39, 0.29) is 13.0 Å². The zero-order valence-electron chi connectivity index (χ0n) is 17.5. The molecule has 1 aliphatic rings. The molecule has 0 saturated carbocycles. The molecule has 1 heterocycles. The predicted octanol–water partition coefficient (Wildman–Crippen LogP) is 2.88. The van der Waals surface area contributed by atoms with E-state index >= 15 is 0 Å². The van der Waals surface area contributed by atoms with Crippen LogP contribution in [0.4, 0.5) is 5.69 Å². The first-order valence-corrected chi connectivity index (χ1v) is 12.1. The quantitative estimate of drug-likeness (QED) is 0.286. The average Bonchev–Trinajstić information content (AvgIpc) is 2.77. The number of nitrogens with zero attached hydrogens (tertiary/aromatic N) is 1. The molecule has 1 unspecified atom stereocenters. The molecule has 0 aromatic heterocycles. The van der Waals surface area contributed by atoms with Crippen molar-refractivity contribution >= 4 is 68.0 Å². The van der Waals surface area contributed by atoms with Crippen molar-refractivity contribution in [3.8, 4) is 0 Å². The van der Waals surface area contributed by atoms with Crippen LogP contribution in [0.1, 0.15) is 34.8 Å². The zero-order valence-corrected chi connectivity index (χ0v) is 21.3. The molecule has 0 saturated heterocycles. The van der Waals surface area contributed by atoms with Crippen molar-refractivity contribution in [2.45, 2.75) is 18.9 Å². The second kappa shape index (κ2) is 12.0. The van der Waals surface area contributed by atoms with E-state index in [4.69, 9.17) is 0 Å². The summed E-state index contributed by atoms with van der Waals surface area (Å²) in [5.74, 6) is -1.29. The molecule has 2 aromatic rings. The van der Waals surface area contributed by atoms with E-state index in [1.165, 1.54) is 0 Å². The van der Waals surface area contributed by atoms with Gasteiger partial charge < -0.3 is 26.4 Å². The lowest BCUT2D eigenvalue weighted by Crippen LogP contribution is -2.39. The van der Waals surface area contributed by atoms with E-state index in [9.17, 15) is 19.5 Å². The smallest absolute Gasteiger partial charge is 0.305 e. The first kappa shape index (κ1) is 25.0. The van der Waals surface area contributed by atoms with E-state index in [2.05, 4.69) is 64.8 Å². The summed E-state index contributed by atoms with van der Waals surface area (Å²) in [6, 6.07) is 11.6. The predicted molar refractivity (Wildman–Crippen MR) is 137 cm³/mol. The van der Waals surface area contributed by atoms with Crippen molar-refractivity contribution in [2.75, 3.05) is 25.0 Å². The zero-order chi connectivity index (χ0) is 23.8. The Morgan fingerprint density at radius 2 is 2.03 bits per heavy atom. The molecule has 1 atom stereocenters. The van der Waals surface area contributed by atoms with Crippen LogP contribution in [0.3, 0.4) is 0 Å². The maximum Gasteiger partial charge on any atom is 0.305 e. The van der Waals surface area contributed by atoms with Crippen LogP contribution in [-0.2, 0) is 9.59 Å². The van der Waals surface area contributed by atoms with Gasteiger partial charge in [0.2, 0.25) is 5.91 Å². The second-order valence-corrected chi connectivity index (χ2v) is 9.48. The number of carboxylic acids is 1. The lowest BCUT2D eigenvalue weighted by Gasteiger charge is -2.18. The normalized spacial score (nSPS) is 13.8. The first-order chi connectivity index (χ1) is 15.8. The maximum atomic E-state index is 12.6. The van der Waals surface area contributed by atoms with Crippen LogP contribution in [-0.4, -0.2) is 48.5 Å². The highest BCUT2D eigenvalue weighted by atomic mass is 127. The molecule has 33 heavy (non-hydrogen) atoms. The third kappa shape index (κ3) is 8.00. The van der Waals surface area contributed by atoms with Gasteiger partial charge in [-0.2, -0.15) is 0 Å². The van der Waals surface area contributed by atoms with Crippen LogP contribution in [0.2, 0.25) is 0 Å². The fourth-order valence-electron chi connectivity index (χ4n) is 3.20. The Morgan fingerprint density at radius 3 is 2.73 bits per heavy atom. The van der Waals surface area contributed by atoms with Crippen molar-refractivity contribution in [2.24, 2.45) is 4.99 Å². The summed E-state index contributed by atoms with van der Waals surface area (Å²) >= 11 is 5.51. The van der Waals surface area contributed by atoms with Gasteiger partial charge in [0.1, 0.15) is 0 Å². The molecular weight excluding hydrogens is 605 g/mol. The number of halogens is 2. The molecule has 0 spiro atoms. The largest absolute Gasteiger partial charge is 0.481 e. The Bertz CT molecular complexity index is 1060. The minimum Gasteiger partial charge on any atom is -0.481 e. The highest BCUT2D eigenvalue weighted by molar-refractivity contribution is 14.1. The lowest BCUT2D eigenvalue weighted by molar-refractivity contribution is -0.137. The Morgan fingerprint density at radius 1 is 1.21 bits per heavy atom. The first-order valence-electron chi connectivity index (χ1n) is 10.2. The fourth-order valence-corrected chi connectivity index (χ4v) is 4.84. The number of nitrogens with one attached hydrogen (secondary N) is 4. The molecule has 174 valence electrons. The van der Waals surface area contributed by atoms with Crippen molar-refractivity contribution in [1.29, 1.82) is 0 Å². The van der Waals surface area contributed by atoms with Gasteiger partial charge in [0.05, 0.1) is 19.0 Å². The topological polar surface area (TPSA) is 132 Å². The summed E-state index contributed by atoms with van der Waals surface area (Å²) in [4.78, 5) is 40.7. The number of carbonyl (C=O) groups excluding carboxylic acids is 2. The molecule has 1 aliphatic heterocycles. The molecule has 0 radical (unpaired) electrons. The number of hydrogen-bond acceptors (Lipinski definition) is 6. The van der Waals surface area contributed by atoms with Crippen molar-refractivity contribution in [3.63, 3.8) is 0 Å². The van der Waals surface area contributed by atoms with Crippen LogP contribution in [0.5, 0.6) is 0 Å². The van der Waals surface area contributed by atoms with Crippen LogP contribution in [0, 0.1) is 3.57 Å². The SMILES string of the molecule is O=C(O)CC(NC(=O)CNC(=O)c1cccc(NC2=NCCCN2)c1)c1cc(Br)cc(I)c1. The number of aliphatic carboxylic acids is 1. The van der Waals surface area contributed by atoms with Crippen molar-refractivity contribution in [1.82, 2.24) is 16.0 Å². The van der Waals surface area contributed by atoms with E-state index in [1.54, 1.807) is 24.3 Å². The molecule has 0 fully saturated rings. The summed E-state index contributed by atoms with van der Waals surface area (Å²) in [5, 5.41) is 20.8. The van der Waals surface area contributed by atoms with Gasteiger partial charge in [-0.15, -0.1) is 0 Å². The van der Waals surface area contributed by atoms with E-state index < -0.39 is 23.8 Å². The Hall–Kier alpha value is -2.67. The third-order valence-electron chi connectivity index (χ3n) is 4.70. The number of benzene rings is 2. The number of guanidine groups is 1. The highest BCUT2D eigenvalue weighted by Gasteiger charge is 2.20. The molecule has 3 rings (SSSR count). The lowest BCUT2D eigenvalue weighted by atomic mass is 10.0. The number of amides is 2. The van der Waals surface area contributed by atoms with E-state index in [0.29, 0.717) is 22.8 Å². The van der Waals surface area contributed by atoms with Crippen LogP contribution >= 0.6 is 38.5 Å². The molecular formula is C22H23BrIN5O4. The van der Waals surface area contributed by atoms with Gasteiger partial charge in [0.15, 0.2) is 5.96 Å². The standard InChI is InChI=1S/C22H23BrIN5O4/c23-15-7-14(8-16(24)10-15)18(11-20(31)32)29-19(30)12-27-21(33)13-3-1-4-17(9-13)28-22-25-5-2-6-26-22/h1,3-4,7-10,18H,2,5-6,11-12H2,(H,27,33)(H,29,30)(H,31,32)(H2,25,26,28). The van der Waals surface area contributed by atoms with Crippen LogP contribution in [0.15, 0.2) is 51.9 Å². The Kier molecular flexibility index (Phi) is 9.06. The van der Waals surface area contributed by atoms with E-state index in [0.717, 1.165) is 27.6 Å². The number of rotatable bonds is 8. The van der Waals surface area contributed by atoms with Crippen LogP contribution < -0.4 is 21.3 Å². The van der Waals surface area contributed by atoms with Gasteiger partial charge >= 0.3 is 5.97 Å². The molecule has 9 nitrogen and oxygen atoms in total. The van der Waals surface area contributed by atoms with Gasteiger partial charge in [-0.05, 0) is 71.0 Å². The van der Waals surface area contributed by atoms with E-state index in [1.807, 2.05) is 18.2 Å². The van der Waals surface area contributed by atoms with Gasteiger partial charge in [0, 0.05) is 32.4 Å². The number of carbonyl (C=O) groups is 3. The highest BCUT2D eigenvalue weighted by Crippen LogP contribution is 2.24. The summed E-state index contributed by atoms with van der Waals surface area (Å²) in [7, 11) is 0. The van der Waals surface area contributed by atoms with Gasteiger partial charge in [-0.25, -0.2) is 0 Å². The van der Waals surface area contributed by atoms with Crippen molar-refractivity contribution in [3.05, 3.63) is 61.6 Å². The number of anilines is 1. The fraction of sp³-hybridized carbons (Fsp3) is 0.273. The molecule has 0 aliphatic carbocycles. The molecule has 2 amide bonds. The maximum absolute atomic E-state index is 12.6. The van der Waals surface area contributed by atoms with Crippen LogP contribution in [0.25, 0.3) is 0 Å². The summed E-state index contributed by atoms with van der Waals surface area (Å²) < 4.78 is 1.68. The monoisotopic (exact) mass is 627 g/mol. The summed E-state index contributed by atoms with van der Waals surface area (Å²) in [6.45, 7) is 1.29. The van der Waals surface area contributed by atoms with Crippen molar-refractivity contribution < 1.29 is 19.5 Å². The average molecular weight is 628 g/mol.